The van der Waals surface area contributed by atoms with Gasteiger partial charge >= 0.3 is 0 Å². The lowest BCUT2D eigenvalue weighted by Gasteiger charge is -2.24. The van der Waals surface area contributed by atoms with Crippen molar-refractivity contribution in [3.63, 3.8) is 0 Å². The lowest BCUT2D eigenvalue weighted by atomic mass is 9.88. The molecule has 1 atom stereocenters. The molecular formula is C18H20O. The lowest BCUT2D eigenvalue weighted by molar-refractivity contribution is 0.0389. The zero-order valence-electron chi connectivity index (χ0n) is 11.6. The van der Waals surface area contributed by atoms with E-state index in [4.69, 9.17) is 0 Å². The van der Waals surface area contributed by atoms with Crippen molar-refractivity contribution in [1.29, 1.82) is 0 Å². The van der Waals surface area contributed by atoms with Crippen LogP contribution in [0.5, 0.6) is 0 Å². The van der Waals surface area contributed by atoms with Gasteiger partial charge in [0.1, 0.15) is 0 Å². The zero-order valence-corrected chi connectivity index (χ0v) is 11.6. The predicted molar refractivity (Wildman–Crippen MR) is 78.3 cm³/mol. The van der Waals surface area contributed by atoms with Crippen LogP contribution in [0.4, 0.5) is 0 Å². The molecule has 0 radical (unpaired) electrons. The number of aliphatic hydroxyl groups is 1. The minimum atomic E-state index is -0.685. The lowest BCUT2D eigenvalue weighted by Crippen LogP contribution is -2.25. The zero-order chi connectivity index (χ0) is 13.5. The molecule has 0 bridgehead atoms. The molecule has 19 heavy (non-hydrogen) atoms. The third-order valence-corrected chi connectivity index (χ3v) is 4.15. The number of benzene rings is 2. The van der Waals surface area contributed by atoms with E-state index in [1.165, 1.54) is 22.3 Å². The third kappa shape index (κ3) is 2.31. The monoisotopic (exact) mass is 252 g/mol. The van der Waals surface area contributed by atoms with Crippen LogP contribution < -0.4 is 0 Å². The van der Waals surface area contributed by atoms with Crippen LogP contribution in [0.25, 0.3) is 0 Å². The summed E-state index contributed by atoms with van der Waals surface area (Å²) in [7, 11) is 0. The molecule has 0 aromatic heterocycles. The molecule has 1 aliphatic carbocycles. The fraction of sp³-hybridized carbons (Fsp3) is 0.333. The van der Waals surface area contributed by atoms with Gasteiger partial charge in [-0.3, -0.25) is 0 Å². The quantitative estimate of drug-likeness (QED) is 0.864. The Labute approximate surface area is 114 Å². The van der Waals surface area contributed by atoms with Crippen LogP contribution >= 0.6 is 0 Å². The average Bonchev–Trinajstić information content (AvgIpc) is 2.67. The van der Waals surface area contributed by atoms with E-state index in [2.05, 4.69) is 56.3 Å². The first-order valence-corrected chi connectivity index (χ1v) is 6.95. The van der Waals surface area contributed by atoms with Gasteiger partial charge in [-0.25, -0.2) is 0 Å². The average molecular weight is 252 g/mol. The van der Waals surface area contributed by atoms with Crippen LogP contribution in [0.15, 0.2) is 42.5 Å². The van der Waals surface area contributed by atoms with Gasteiger partial charge < -0.3 is 5.11 Å². The van der Waals surface area contributed by atoms with Gasteiger partial charge in [0.05, 0.1) is 5.60 Å². The van der Waals surface area contributed by atoms with Gasteiger partial charge in [-0.2, -0.15) is 0 Å². The molecule has 3 rings (SSSR count). The molecule has 0 aliphatic heterocycles. The van der Waals surface area contributed by atoms with Crippen molar-refractivity contribution in [2.24, 2.45) is 0 Å². The molecule has 1 aliphatic rings. The molecule has 0 saturated carbocycles. The largest absolute Gasteiger partial charge is 0.385 e. The van der Waals surface area contributed by atoms with Crippen molar-refractivity contribution in [2.45, 2.75) is 38.7 Å². The summed E-state index contributed by atoms with van der Waals surface area (Å²) in [5.74, 6) is 0. The van der Waals surface area contributed by atoms with Gasteiger partial charge in [0.2, 0.25) is 0 Å². The maximum atomic E-state index is 11.0. The summed E-state index contributed by atoms with van der Waals surface area (Å²) >= 11 is 0. The standard InChI is InChI=1S/C18H20O/c1-13-4-3-5-15(10-13)12-18(19)9-8-16-7-6-14(2)11-17(16)18/h3-7,10-11,19H,8-9,12H2,1-2H3. The summed E-state index contributed by atoms with van der Waals surface area (Å²) in [6.07, 6.45) is 2.53. The molecule has 1 nitrogen and oxygen atoms in total. The number of hydrogen-bond acceptors (Lipinski definition) is 1. The molecule has 1 heteroatoms. The maximum absolute atomic E-state index is 11.0. The van der Waals surface area contributed by atoms with E-state index < -0.39 is 5.60 Å². The summed E-state index contributed by atoms with van der Waals surface area (Å²) in [6.45, 7) is 4.19. The Morgan fingerprint density at radius 2 is 1.84 bits per heavy atom. The molecule has 1 unspecified atom stereocenters. The normalized spacial score (nSPS) is 21.4. The summed E-state index contributed by atoms with van der Waals surface area (Å²) in [5, 5.41) is 11.0. The van der Waals surface area contributed by atoms with E-state index >= 15 is 0 Å². The van der Waals surface area contributed by atoms with Crippen molar-refractivity contribution in [1.82, 2.24) is 0 Å². The van der Waals surface area contributed by atoms with E-state index in [9.17, 15) is 5.11 Å². The van der Waals surface area contributed by atoms with Crippen LogP contribution in [0.2, 0.25) is 0 Å². The summed E-state index contributed by atoms with van der Waals surface area (Å²) in [6, 6.07) is 14.9. The first kappa shape index (κ1) is 12.4. The van der Waals surface area contributed by atoms with Gasteiger partial charge in [-0.1, -0.05) is 53.6 Å². The minimum absolute atomic E-state index is 0.685. The Morgan fingerprint density at radius 3 is 2.63 bits per heavy atom. The van der Waals surface area contributed by atoms with Crippen molar-refractivity contribution in [3.05, 3.63) is 70.3 Å². The molecule has 0 spiro atoms. The minimum Gasteiger partial charge on any atom is -0.385 e. The number of rotatable bonds is 2. The van der Waals surface area contributed by atoms with E-state index in [-0.39, 0.29) is 0 Å². The van der Waals surface area contributed by atoms with Gasteiger partial charge in [0, 0.05) is 6.42 Å². The second-order valence-corrected chi connectivity index (χ2v) is 5.86. The smallest absolute Gasteiger partial charge is 0.0942 e. The van der Waals surface area contributed by atoms with Gasteiger partial charge in [-0.05, 0) is 43.4 Å². The highest BCUT2D eigenvalue weighted by Crippen LogP contribution is 2.39. The summed E-state index contributed by atoms with van der Waals surface area (Å²) < 4.78 is 0. The molecule has 98 valence electrons. The second-order valence-electron chi connectivity index (χ2n) is 5.86. The first-order chi connectivity index (χ1) is 9.07. The Hall–Kier alpha value is -1.60. The van der Waals surface area contributed by atoms with Crippen molar-refractivity contribution in [3.8, 4) is 0 Å². The van der Waals surface area contributed by atoms with Crippen molar-refractivity contribution in [2.75, 3.05) is 0 Å². The fourth-order valence-electron chi connectivity index (χ4n) is 3.16. The molecular weight excluding hydrogens is 232 g/mol. The Kier molecular flexibility index (Phi) is 2.94. The molecule has 1 N–H and O–H groups in total. The van der Waals surface area contributed by atoms with Crippen LogP contribution in [-0.2, 0) is 18.4 Å². The molecule has 0 fully saturated rings. The van der Waals surface area contributed by atoms with Gasteiger partial charge in [-0.15, -0.1) is 0 Å². The predicted octanol–water partition coefficient (Wildman–Crippen LogP) is 3.68. The Bertz CT molecular complexity index is 615. The van der Waals surface area contributed by atoms with E-state index in [0.717, 1.165) is 18.4 Å². The van der Waals surface area contributed by atoms with E-state index in [1.54, 1.807) is 0 Å². The third-order valence-electron chi connectivity index (χ3n) is 4.15. The maximum Gasteiger partial charge on any atom is 0.0942 e. The summed E-state index contributed by atoms with van der Waals surface area (Å²) in [4.78, 5) is 0. The van der Waals surface area contributed by atoms with Crippen LogP contribution in [0.1, 0.15) is 34.2 Å². The molecule has 0 heterocycles. The van der Waals surface area contributed by atoms with Gasteiger partial charge in [0.25, 0.3) is 0 Å². The van der Waals surface area contributed by atoms with Gasteiger partial charge in [0.15, 0.2) is 0 Å². The highest BCUT2D eigenvalue weighted by atomic mass is 16.3. The van der Waals surface area contributed by atoms with Crippen LogP contribution in [-0.4, -0.2) is 5.11 Å². The highest BCUT2D eigenvalue weighted by Gasteiger charge is 2.36. The molecule has 2 aromatic rings. The molecule has 0 saturated heterocycles. The summed E-state index contributed by atoms with van der Waals surface area (Å²) in [5.41, 5.74) is 5.45. The Balaban J connectivity index is 1.96. The SMILES string of the molecule is Cc1cccc(CC2(O)CCc3ccc(C)cc32)c1. The van der Waals surface area contributed by atoms with Crippen LogP contribution in [0.3, 0.4) is 0 Å². The van der Waals surface area contributed by atoms with Crippen LogP contribution in [0, 0.1) is 13.8 Å². The first-order valence-electron chi connectivity index (χ1n) is 6.95. The fourth-order valence-corrected chi connectivity index (χ4v) is 3.16. The van der Waals surface area contributed by atoms with Crippen molar-refractivity contribution < 1.29 is 5.11 Å². The van der Waals surface area contributed by atoms with E-state index in [1.807, 2.05) is 0 Å². The van der Waals surface area contributed by atoms with Crippen molar-refractivity contribution >= 4 is 0 Å². The highest BCUT2D eigenvalue weighted by molar-refractivity contribution is 5.41. The molecule has 0 amide bonds. The molecule has 2 aromatic carbocycles. The topological polar surface area (TPSA) is 20.2 Å². The number of fused-ring (bicyclic) bond motifs is 1. The number of aryl methyl sites for hydroxylation is 3. The Morgan fingerprint density at radius 1 is 1.05 bits per heavy atom. The number of hydrogen-bond donors (Lipinski definition) is 1. The second kappa shape index (κ2) is 4.50. The van der Waals surface area contributed by atoms with E-state index in [0.29, 0.717) is 6.42 Å².